The molecule has 4 aromatic carbocycles. The van der Waals surface area contributed by atoms with E-state index in [9.17, 15) is 19.5 Å². The number of rotatable bonds is 13. The number of halogens is 1. The number of phenols is 1. The monoisotopic (exact) mass is 1010 g/mol. The van der Waals surface area contributed by atoms with Gasteiger partial charge in [0.15, 0.2) is 5.82 Å². The molecule has 2 atom stereocenters. The molecule has 74 heavy (non-hydrogen) atoms. The summed E-state index contributed by atoms with van der Waals surface area (Å²) >= 11 is 0. The van der Waals surface area contributed by atoms with Gasteiger partial charge in [-0.15, -0.1) is 0 Å². The number of nitrogens with zero attached hydrogens (tertiary/aromatic N) is 7. The van der Waals surface area contributed by atoms with E-state index in [0.29, 0.717) is 63.5 Å². The summed E-state index contributed by atoms with van der Waals surface area (Å²) in [6.07, 6.45) is 12.3. The van der Waals surface area contributed by atoms with Crippen LogP contribution in [0.1, 0.15) is 93.5 Å². The zero-order valence-corrected chi connectivity index (χ0v) is 43.0. The van der Waals surface area contributed by atoms with E-state index < -0.39 is 11.8 Å². The van der Waals surface area contributed by atoms with Crippen molar-refractivity contribution in [2.75, 3.05) is 95.5 Å². The van der Waals surface area contributed by atoms with Gasteiger partial charge in [0.05, 0.1) is 19.4 Å². The first-order valence-electron chi connectivity index (χ1n) is 27.4. The maximum atomic E-state index is 17.3. The lowest BCUT2D eigenvalue weighted by Crippen LogP contribution is -2.51. The normalized spacial score (nSPS) is 23.2. The van der Waals surface area contributed by atoms with Crippen molar-refractivity contribution in [1.82, 2.24) is 35.3 Å². The Kier molecular flexibility index (Phi) is 13.1. The van der Waals surface area contributed by atoms with Crippen LogP contribution < -0.4 is 29.9 Å². The average molecular weight is 1010 g/mol. The van der Waals surface area contributed by atoms with Crippen molar-refractivity contribution in [1.29, 1.82) is 0 Å². The van der Waals surface area contributed by atoms with Crippen LogP contribution in [-0.2, 0) is 11.2 Å². The number of hydrogen-bond donors (Lipinski definition) is 3. The number of urea groups is 1. The fraction of sp³-hybridized carbons (Fsp3) is 0.534. The number of hydrogen-bond acceptors (Lipinski definition) is 12. The van der Waals surface area contributed by atoms with Gasteiger partial charge < -0.3 is 39.5 Å². The Balaban J connectivity index is 0.651. The molecule has 0 radical (unpaired) electrons. The number of phenolic OH excluding ortho intramolecular Hbond substituents is 1. The Morgan fingerprint density at radius 3 is 2.31 bits per heavy atom. The van der Waals surface area contributed by atoms with Gasteiger partial charge in [-0.05, 0) is 140 Å². The Labute approximate surface area is 432 Å². The third-order valence-corrected chi connectivity index (χ3v) is 18.1. The van der Waals surface area contributed by atoms with Gasteiger partial charge in [-0.3, -0.25) is 19.8 Å². The predicted octanol–water partition coefficient (Wildman–Crippen LogP) is 8.14. The number of methoxy groups -OCH3 is 1. The number of piperazine rings is 2. The Morgan fingerprint density at radius 1 is 0.838 bits per heavy atom. The van der Waals surface area contributed by atoms with E-state index in [2.05, 4.69) is 38.3 Å². The van der Waals surface area contributed by atoms with Crippen LogP contribution in [0, 0.1) is 22.6 Å². The van der Waals surface area contributed by atoms with Crippen LogP contribution >= 0.6 is 0 Å². The van der Waals surface area contributed by atoms with Crippen molar-refractivity contribution >= 4 is 51.0 Å². The highest BCUT2D eigenvalue weighted by molar-refractivity contribution is 6.07. The molecule has 3 N–H and O–H groups in total. The SMILES string of the molecule is CCc1cccc2cc(O)cc(-c3ccc4c(N5CC6CCC(C5)N6)nc(OCC5(CN6CCN(CC7CCC8(CC7)CCN(C(=O)c7ccc(OC)c(N9CCC(=O)NC9=O)c7)CC8)CC6)CC5)nc4c3F)c12. The average Bonchev–Trinajstić information content (AvgIpc) is 4.10. The molecular formula is C58H70FN9O6. The first-order chi connectivity index (χ1) is 35.9. The van der Waals surface area contributed by atoms with Gasteiger partial charge in [0.1, 0.15) is 22.8 Å². The first kappa shape index (κ1) is 48.8. The van der Waals surface area contributed by atoms with E-state index in [-0.39, 0.29) is 47.5 Å². The van der Waals surface area contributed by atoms with E-state index >= 15 is 4.39 Å². The molecule has 1 spiro atoms. The number of piperidine rings is 1. The summed E-state index contributed by atoms with van der Waals surface area (Å²) in [7, 11) is 1.54. The van der Waals surface area contributed by atoms with Crippen molar-refractivity contribution < 1.29 is 33.4 Å². The molecule has 5 aromatic rings. The lowest BCUT2D eigenvalue weighted by molar-refractivity contribution is -0.120. The fourth-order valence-corrected chi connectivity index (χ4v) is 13.5. The summed E-state index contributed by atoms with van der Waals surface area (Å²) in [5.74, 6) is 1.23. The molecular weight excluding hydrogens is 938 g/mol. The second-order valence-corrected chi connectivity index (χ2v) is 22.8. The third kappa shape index (κ3) is 9.62. The van der Waals surface area contributed by atoms with E-state index in [1.807, 2.05) is 29.2 Å². The second kappa shape index (κ2) is 19.9. The maximum Gasteiger partial charge on any atom is 0.328 e. The van der Waals surface area contributed by atoms with Crippen LogP contribution in [0.25, 0.3) is 32.8 Å². The van der Waals surface area contributed by atoms with E-state index in [1.54, 1.807) is 30.3 Å². The van der Waals surface area contributed by atoms with Gasteiger partial charge in [-0.25, -0.2) is 9.18 Å². The molecule has 2 aliphatic carbocycles. The number of likely N-dealkylation sites (tertiary alicyclic amines) is 1. The number of fused-ring (bicyclic) bond motifs is 4. The number of anilines is 2. The lowest BCUT2D eigenvalue weighted by Gasteiger charge is -2.47. The lowest BCUT2D eigenvalue weighted by atomic mass is 9.65. The molecule has 15 nitrogen and oxygen atoms in total. The minimum absolute atomic E-state index is 0.0234. The number of benzene rings is 4. The predicted molar refractivity (Wildman–Crippen MR) is 284 cm³/mol. The number of imide groups is 1. The quantitative estimate of drug-likeness (QED) is 0.104. The zero-order valence-electron chi connectivity index (χ0n) is 43.0. The number of nitrogens with one attached hydrogen (secondary N) is 2. The molecule has 16 heteroatoms. The molecule has 7 fully saturated rings. The van der Waals surface area contributed by atoms with Gasteiger partial charge in [0.25, 0.3) is 5.91 Å². The topological polar surface area (TPSA) is 156 Å². The summed E-state index contributed by atoms with van der Waals surface area (Å²) in [4.78, 5) is 59.2. The molecule has 2 saturated carbocycles. The highest BCUT2D eigenvalue weighted by atomic mass is 19.1. The van der Waals surface area contributed by atoms with E-state index in [4.69, 9.17) is 19.4 Å². The molecule has 4 amide bonds. The van der Waals surface area contributed by atoms with Crippen LogP contribution in [0.4, 0.5) is 20.7 Å². The molecule has 2 bridgehead atoms. The van der Waals surface area contributed by atoms with Gasteiger partial charge in [0.2, 0.25) is 5.91 Å². The molecule has 6 heterocycles. The standard InChI is InChI=1S/C58H70FN9O6/c1-3-38-5-4-6-39-29-43(69)31-46(50(38)39)44-10-11-45-52(51(44)59)62-55(63-53(45)67-33-41-8-9-42(34-67)60-41)74-36-58(18-19-58)35-65-27-25-64(26-28-65)32-37-13-16-57(17-14-37)20-23-66(24-21-57)54(71)40-7-12-48(73-2)47(30-40)68-22-15-49(70)61-56(68)72/h4-7,10-12,29-31,37,41-42,60,69H,3,8-9,13-28,32-36H2,1-2H3,(H,61,70,72). The van der Waals surface area contributed by atoms with Crippen LogP contribution in [0.2, 0.25) is 0 Å². The van der Waals surface area contributed by atoms with Crippen LogP contribution in [-0.4, -0.2) is 145 Å². The van der Waals surface area contributed by atoms with Gasteiger partial charge in [0, 0.05) is 112 Å². The summed E-state index contributed by atoms with van der Waals surface area (Å²) in [5.41, 5.74) is 3.73. The highest BCUT2D eigenvalue weighted by Crippen LogP contribution is 2.49. The molecule has 5 aliphatic heterocycles. The first-order valence-corrected chi connectivity index (χ1v) is 27.4. The molecule has 1 aromatic heterocycles. The molecule has 390 valence electrons. The summed E-state index contributed by atoms with van der Waals surface area (Å²) in [6.45, 7) is 12.2. The van der Waals surface area contributed by atoms with Crippen molar-refractivity contribution in [3.63, 3.8) is 0 Å². The second-order valence-electron chi connectivity index (χ2n) is 22.8. The Hall–Kier alpha value is -6.10. The van der Waals surface area contributed by atoms with Crippen molar-refractivity contribution in [3.05, 3.63) is 77.6 Å². The largest absolute Gasteiger partial charge is 0.508 e. The zero-order chi connectivity index (χ0) is 50.7. The van der Waals surface area contributed by atoms with Gasteiger partial charge >= 0.3 is 12.0 Å². The number of aromatic hydroxyl groups is 1. The molecule has 12 rings (SSSR count). The van der Waals surface area contributed by atoms with Crippen LogP contribution in [0.5, 0.6) is 17.5 Å². The minimum atomic E-state index is -0.505. The van der Waals surface area contributed by atoms with Crippen molar-refractivity contribution in [2.24, 2.45) is 16.7 Å². The minimum Gasteiger partial charge on any atom is -0.508 e. The number of ether oxygens (including phenoxy) is 2. The number of carbonyl (C=O) groups excluding carboxylic acids is 3. The molecule has 2 unspecified atom stereocenters. The number of amides is 4. The maximum absolute atomic E-state index is 17.3. The van der Waals surface area contributed by atoms with E-state index in [0.717, 1.165) is 133 Å². The summed E-state index contributed by atoms with van der Waals surface area (Å²) < 4.78 is 29.4. The fourth-order valence-electron chi connectivity index (χ4n) is 13.5. The van der Waals surface area contributed by atoms with Gasteiger partial charge in [-0.2, -0.15) is 9.97 Å². The van der Waals surface area contributed by atoms with Crippen LogP contribution in [0.15, 0.2) is 60.7 Å². The Bertz CT molecular complexity index is 2960. The number of carbonyl (C=O) groups is 3. The third-order valence-electron chi connectivity index (χ3n) is 18.1. The van der Waals surface area contributed by atoms with Crippen molar-refractivity contribution in [3.8, 4) is 28.6 Å². The highest BCUT2D eigenvalue weighted by Gasteiger charge is 2.46. The van der Waals surface area contributed by atoms with E-state index in [1.165, 1.54) is 37.7 Å². The van der Waals surface area contributed by atoms with Gasteiger partial charge in [-0.1, -0.05) is 31.2 Å². The molecule has 5 saturated heterocycles. The summed E-state index contributed by atoms with van der Waals surface area (Å²) in [5, 5.41) is 19.4. The number of aromatic nitrogens is 2. The number of aryl methyl sites for hydroxylation is 1. The Morgan fingerprint density at radius 2 is 1.59 bits per heavy atom. The summed E-state index contributed by atoms with van der Waals surface area (Å²) in [6, 6.07) is 18.9. The molecule has 7 aliphatic rings. The van der Waals surface area contributed by atoms with Crippen LogP contribution in [0.3, 0.4) is 0 Å². The van der Waals surface area contributed by atoms with Crippen molar-refractivity contribution in [2.45, 2.75) is 96.1 Å². The smallest absolute Gasteiger partial charge is 0.328 e.